The van der Waals surface area contributed by atoms with Crippen molar-refractivity contribution in [1.82, 2.24) is 10.7 Å². The molecule has 0 saturated carbocycles. The van der Waals surface area contributed by atoms with Gasteiger partial charge in [0.25, 0.3) is 5.91 Å². The molecule has 2 rings (SSSR count). The molecule has 16 heavy (non-hydrogen) atoms. The normalized spacial score (nSPS) is 9.75. The Bertz CT molecular complexity index is 480. The molecule has 0 atom stereocenters. The Hall–Kier alpha value is -2.36. The highest BCUT2D eigenvalue weighted by atomic mass is 16.5. The minimum Gasteiger partial charge on any atom is -0.457 e. The number of pyridine rings is 1. The number of hydrogen-bond acceptors (Lipinski definition) is 3. The Balaban J connectivity index is 2.14. The van der Waals surface area contributed by atoms with Gasteiger partial charge in [-0.1, -0.05) is 0 Å². The first-order valence-electron chi connectivity index (χ1n) is 4.69. The number of nitrogens with one attached hydrogen (secondary N) is 1. The van der Waals surface area contributed by atoms with Crippen LogP contribution in [-0.4, -0.2) is 10.9 Å². The lowest BCUT2D eigenvalue weighted by molar-refractivity contribution is 0.0992. The van der Waals surface area contributed by atoms with Crippen LogP contribution in [-0.2, 0) is 0 Å². The van der Waals surface area contributed by atoms with Crippen LogP contribution >= 0.6 is 0 Å². The van der Waals surface area contributed by atoms with E-state index in [2.05, 4.69) is 4.98 Å². The molecule has 0 unspecified atom stereocenters. The number of ether oxygens (including phenoxy) is 1. The van der Waals surface area contributed by atoms with Gasteiger partial charge in [0.05, 0.1) is 0 Å². The van der Waals surface area contributed by atoms with Crippen LogP contribution in [0.5, 0.6) is 11.5 Å². The Morgan fingerprint density at radius 3 is 2.12 bits per heavy atom. The van der Waals surface area contributed by atoms with Crippen LogP contribution in [0, 0.1) is 0 Å². The highest BCUT2D eigenvalue weighted by Gasteiger charge is 2.01. The van der Waals surface area contributed by atoms with E-state index < -0.39 is 5.91 Å². The smallest absolute Gasteiger partial charge is 0.269 e. The van der Waals surface area contributed by atoms with Gasteiger partial charge in [-0.05, 0) is 36.4 Å². The Kier molecular flexibility index (Phi) is 2.82. The standard InChI is InChI=1S/C12H9N2O2/c13-12(15)9-1-3-10(4-2-9)16-11-5-7-14-8-6-11/h1-8,13H. The quantitative estimate of drug-likeness (QED) is 0.785. The van der Waals surface area contributed by atoms with Crippen LogP contribution in [0.3, 0.4) is 0 Å². The van der Waals surface area contributed by atoms with Gasteiger partial charge in [-0.25, -0.2) is 0 Å². The van der Waals surface area contributed by atoms with Crippen molar-refractivity contribution in [2.24, 2.45) is 0 Å². The molecule has 79 valence electrons. The van der Waals surface area contributed by atoms with Crippen molar-refractivity contribution in [1.29, 1.82) is 0 Å². The molecule has 4 nitrogen and oxygen atoms in total. The second kappa shape index (κ2) is 4.44. The van der Waals surface area contributed by atoms with Crippen molar-refractivity contribution >= 4 is 5.91 Å². The lowest BCUT2D eigenvalue weighted by atomic mass is 10.2. The summed E-state index contributed by atoms with van der Waals surface area (Å²) < 4.78 is 5.50. The molecule has 1 heterocycles. The predicted octanol–water partition coefficient (Wildman–Crippen LogP) is 2.30. The first-order chi connectivity index (χ1) is 7.75. The predicted molar refractivity (Wildman–Crippen MR) is 58.2 cm³/mol. The SMILES string of the molecule is [NH]C(=O)c1ccc(Oc2ccncc2)cc1. The number of hydrogen-bond donors (Lipinski definition) is 0. The van der Waals surface area contributed by atoms with Crippen LogP contribution in [0.25, 0.3) is 0 Å². The van der Waals surface area contributed by atoms with E-state index in [9.17, 15) is 4.79 Å². The van der Waals surface area contributed by atoms with E-state index in [1.165, 1.54) is 0 Å². The Morgan fingerprint density at radius 1 is 1.00 bits per heavy atom. The maximum Gasteiger partial charge on any atom is 0.269 e. The van der Waals surface area contributed by atoms with Crippen LogP contribution in [0.1, 0.15) is 10.4 Å². The van der Waals surface area contributed by atoms with Gasteiger partial charge in [0.15, 0.2) is 0 Å². The molecule has 1 aromatic heterocycles. The summed E-state index contributed by atoms with van der Waals surface area (Å²) in [4.78, 5) is 14.6. The second-order valence-corrected chi connectivity index (χ2v) is 3.14. The molecule has 0 bridgehead atoms. The number of nitrogens with zero attached hydrogens (tertiary/aromatic N) is 1. The highest BCUT2D eigenvalue weighted by Crippen LogP contribution is 2.20. The van der Waals surface area contributed by atoms with Crippen LogP contribution in [0.15, 0.2) is 48.8 Å². The molecule has 0 aliphatic carbocycles. The van der Waals surface area contributed by atoms with Gasteiger partial charge in [0.2, 0.25) is 0 Å². The molecule has 1 aromatic carbocycles. The fourth-order valence-corrected chi connectivity index (χ4v) is 1.22. The van der Waals surface area contributed by atoms with Gasteiger partial charge in [-0.15, -0.1) is 0 Å². The summed E-state index contributed by atoms with van der Waals surface area (Å²) in [5.41, 5.74) is 7.27. The monoisotopic (exact) mass is 213 g/mol. The number of rotatable bonds is 3. The molecule has 0 aliphatic rings. The fraction of sp³-hybridized carbons (Fsp3) is 0. The number of carbonyl (C=O) groups is 1. The Morgan fingerprint density at radius 2 is 1.56 bits per heavy atom. The molecule has 1 radical (unpaired) electrons. The largest absolute Gasteiger partial charge is 0.457 e. The molecular weight excluding hydrogens is 204 g/mol. The van der Waals surface area contributed by atoms with Gasteiger partial charge in [-0.2, -0.15) is 0 Å². The van der Waals surface area contributed by atoms with Crippen molar-refractivity contribution in [2.45, 2.75) is 0 Å². The minimum atomic E-state index is -0.699. The van der Waals surface area contributed by atoms with Crippen molar-refractivity contribution in [3.63, 3.8) is 0 Å². The zero-order valence-corrected chi connectivity index (χ0v) is 8.38. The van der Waals surface area contributed by atoms with E-state index in [4.69, 9.17) is 10.5 Å². The highest BCUT2D eigenvalue weighted by molar-refractivity contribution is 5.92. The van der Waals surface area contributed by atoms with Crippen LogP contribution < -0.4 is 10.5 Å². The average Bonchev–Trinajstić information content (AvgIpc) is 2.31. The van der Waals surface area contributed by atoms with Gasteiger partial charge < -0.3 is 4.74 Å². The molecule has 2 aromatic rings. The summed E-state index contributed by atoms with van der Waals surface area (Å²) in [6.07, 6.45) is 3.27. The Labute approximate surface area is 92.7 Å². The van der Waals surface area contributed by atoms with Crippen LogP contribution in [0.4, 0.5) is 0 Å². The topological polar surface area (TPSA) is 63.0 Å². The number of carbonyl (C=O) groups excluding carboxylic acids is 1. The first kappa shape index (κ1) is 10.2. The van der Waals surface area contributed by atoms with E-state index in [0.29, 0.717) is 17.1 Å². The molecule has 4 heteroatoms. The molecule has 0 fully saturated rings. The lowest BCUT2D eigenvalue weighted by Crippen LogP contribution is -1.97. The van der Waals surface area contributed by atoms with E-state index in [1.807, 2.05) is 0 Å². The van der Waals surface area contributed by atoms with Gasteiger partial charge in [-0.3, -0.25) is 15.5 Å². The minimum absolute atomic E-state index is 0.349. The molecule has 1 amide bonds. The zero-order chi connectivity index (χ0) is 11.4. The maximum atomic E-state index is 10.7. The summed E-state index contributed by atoms with van der Waals surface area (Å²) in [7, 11) is 0. The lowest BCUT2D eigenvalue weighted by Gasteiger charge is -2.04. The zero-order valence-electron chi connectivity index (χ0n) is 8.38. The number of aromatic nitrogens is 1. The van der Waals surface area contributed by atoms with Crippen LogP contribution in [0.2, 0.25) is 0 Å². The molecule has 0 aliphatic heterocycles. The number of amides is 1. The fourth-order valence-electron chi connectivity index (χ4n) is 1.22. The van der Waals surface area contributed by atoms with E-state index >= 15 is 0 Å². The maximum absolute atomic E-state index is 10.7. The summed E-state index contributed by atoms with van der Waals surface area (Å²) in [5.74, 6) is 0.603. The van der Waals surface area contributed by atoms with Crippen molar-refractivity contribution < 1.29 is 9.53 Å². The number of benzene rings is 1. The summed E-state index contributed by atoms with van der Waals surface area (Å²) in [6.45, 7) is 0. The molecule has 0 spiro atoms. The van der Waals surface area contributed by atoms with Crippen molar-refractivity contribution in [3.8, 4) is 11.5 Å². The summed E-state index contributed by atoms with van der Waals surface area (Å²) >= 11 is 0. The molecule has 1 N–H and O–H groups in total. The summed E-state index contributed by atoms with van der Waals surface area (Å²) in [6, 6.07) is 9.91. The molecular formula is C12H9N2O2. The van der Waals surface area contributed by atoms with E-state index in [-0.39, 0.29) is 0 Å². The third kappa shape index (κ3) is 2.36. The van der Waals surface area contributed by atoms with Gasteiger partial charge in [0, 0.05) is 18.0 Å². The van der Waals surface area contributed by atoms with Crippen molar-refractivity contribution in [3.05, 3.63) is 54.4 Å². The van der Waals surface area contributed by atoms with Crippen molar-refractivity contribution in [2.75, 3.05) is 0 Å². The molecule has 0 saturated heterocycles. The third-order valence-corrected chi connectivity index (χ3v) is 2.00. The third-order valence-electron chi connectivity index (χ3n) is 2.00. The van der Waals surface area contributed by atoms with Gasteiger partial charge >= 0.3 is 0 Å². The van der Waals surface area contributed by atoms with E-state index in [1.54, 1.807) is 48.8 Å². The van der Waals surface area contributed by atoms with E-state index in [0.717, 1.165) is 0 Å². The second-order valence-electron chi connectivity index (χ2n) is 3.14. The average molecular weight is 213 g/mol. The van der Waals surface area contributed by atoms with Gasteiger partial charge in [0.1, 0.15) is 11.5 Å². The summed E-state index contributed by atoms with van der Waals surface area (Å²) in [5, 5.41) is 0. The first-order valence-corrected chi connectivity index (χ1v) is 4.69.